The van der Waals surface area contributed by atoms with Gasteiger partial charge in [0.15, 0.2) is 11.6 Å². The minimum absolute atomic E-state index is 0.0886. The Morgan fingerprint density at radius 1 is 0.735 bits per heavy atom. The van der Waals surface area contributed by atoms with Crippen molar-refractivity contribution in [2.75, 3.05) is 14.2 Å². The van der Waals surface area contributed by atoms with E-state index in [-0.39, 0.29) is 35.3 Å². The highest BCUT2D eigenvalue weighted by molar-refractivity contribution is 6.20. The van der Waals surface area contributed by atoms with Crippen LogP contribution in [0.15, 0.2) is 23.3 Å². The zero-order valence-electron chi connectivity index (χ0n) is 22.4. The smallest absolute Gasteiger partial charge is 0.305 e. The molecule has 192 valence electrons. The quantitative estimate of drug-likeness (QED) is 0.233. The molecule has 0 saturated heterocycles. The first-order valence-corrected chi connectivity index (χ1v) is 12.4. The first-order chi connectivity index (χ1) is 15.7. The summed E-state index contributed by atoms with van der Waals surface area (Å²) in [5.74, 6) is -0.169. The van der Waals surface area contributed by atoms with Gasteiger partial charge in [-0.2, -0.15) is 0 Å². The van der Waals surface area contributed by atoms with Crippen LogP contribution in [0, 0.1) is 22.7 Å². The molecule has 0 N–H and O–H groups in total. The van der Waals surface area contributed by atoms with Gasteiger partial charge < -0.3 is 9.47 Å². The van der Waals surface area contributed by atoms with Gasteiger partial charge in [-0.15, -0.1) is 0 Å². The first kappa shape index (κ1) is 29.8. The number of hydrogen-bond acceptors (Lipinski definition) is 6. The van der Waals surface area contributed by atoms with E-state index < -0.39 is 10.8 Å². The SMILES string of the molecule is COC(=O)CC(C)CCCC(C)(C)C1=CC(=O)C(C(C)(C)CCCC(C)CC(=O)OC)=CC1=O. The van der Waals surface area contributed by atoms with Crippen molar-refractivity contribution in [2.24, 2.45) is 22.7 Å². The molecular formula is C28H44O6. The third kappa shape index (κ3) is 9.19. The summed E-state index contributed by atoms with van der Waals surface area (Å²) in [7, 11) is 2.79. The second kappa shape index (κ2) is 13.0. The summed E-state index contributed by atoms with van der Waals surface area (Å²) in [5.41, 5.74) is 0.272. The second-order valence-corrected chi connectivity index (χ2v) is 11.2. The van der Waals surface area contributed by atoms with Crippen LogP contribution in [0.5, 0.6) is 0 Å². The number of hydrogen-bond donors (Lipinski definition) is 0. The third-order valence-corrected chi connectivity index (χ3v) is 7.02. The van der Waals surface area contributed by atoms with Gasteiger partial charge in [-0.25, -0.2) is 0 Å². The van der Waals surface area contributed by atoms with Crippen LogP contribution in [0.1, 0.15) is 92.9 Å². The van der Waals surface area contributed by atoms with Crippen LogP contribution in [0.2, 0.25) is 0 Å². The summed E-state index contributed by atoms with van der Waals surface area (Å²) in [6, 6.07) is 0. The molecule has 1 aliphatic rings. The average Bonchev–Trinajstić information content (AvgIpc) is 2.74. The summed E-state index contributed by atoms with van der Waals surface area (Å²) in [4.78, 5) is 49.0. The number of allylic oxidation sites excluding steroid dienone is 4. The Bertz CT molecular complexity index is 747. The van der Waals surface area contributed by atoms with Crippen LogP contribution >= 0.6 is 0 Å². The van der Waals surface area contributed by atoms with Gasteiger partial charge in [-0.3, -0.25) is 19.2 Å². The van der Waals surface area contributed by atoms with Crippen LogP contribution < -0.4 is 0 Å². The first-order valence-electron chi connectivity index (χ1n) is 12.4. The molecular weight excluding hydrogens is 432 g/mol. The molecule has 0 spiro atoms. The van der Waals surface area contributed by atoms with Gasteiger partial charge in [0.25, 0.3) is 0 Å². The van der Waals surface area contributed by atoms with Crippen LogP contribution in [-0.2, 0) is 28.7 Å². The Labute approximate surface area is 205 Å². The standard InChI is InChI=1S/C28H44O6/c1-19(15-25(31)33-7)11-9-13-27(3,4)21-17-24(30)22(18-23(21)29)28(5,6)14-10-12-20(2)16-26(32)34-8/h17-20H,9-16H2,1-8H3. The fraction of sp³-hybridized carbons (Fsp3) is 0.714. The van der Waals surface area contributed by atoms with Crippen LogP contribution in [0.25, 0.3) is 0 Å². The van der Waals surface area contributed by atoms with Gasteiger partial charge in [0.1, 0.15) is 0 Å². The van der Waals surface area contributed by atoms with E-state index in [9.17, 15) is 19.2 Å². The van der Waals surface area contributed by atoms with Crippen molar-refractivity contribution in [2.45, 2.75) is 92.9 Å². The molecule has 0 aromatic heterocycles. The topological polar surface area (TPSA) is 86.7 Å². The molecule has 1 rings (SSSR count). The highest BCUT2D eigenvalue weighted by Crippen LogP contribution is 2.40. The number of methoxy groups -OCH3 is 2. The van der Waals surface area contributed by atoms with Crippen LogP contribution in [0.3, 0.4) is 0 Å². The van der Waals surface area contributed by atoms with E-state index in [1.54, 1.807) is 0 Å². The lowest BCUT2D eigenvalue weighted by Crippen LogP contribution is -2.30. The summed E-state index contributed by atoms with van der Waals surface area (Å²) in [6.45, 7) is 12.0. The molecule has 2 atom stereocenters. The maximum absolute atomic E-state index is 13.1. The van der Waals surface area contributed by atoms with E-state index in [0.29, 0.717) is 24.0 Å². The maximum atomic E-state index is 13.1. The zero-order chi connectivity index (χ0) is 26.1. The number of esters is 2. The fourth-order valence-electron chi connectivity index (χ4n) is 4.61. The molecule has 0 bridgehead atoms. The average molecular weight is 477 g/mol. The van der Waals surface area contributed by atoms with Gasteiger partial charge in [-0.05, 0) is 47.7 Å². The summed E-state index contributed by atoms with van der Waals surface area (Å²) < 4.78 is 9.45. The van der Waals surface area contributed by atoms with Gasteiger partial charge in [-0.1, -0.05) is 67.2 Å². The van der Waals surface area contributed by atoms with E-state index in [2.05, 4.69) is 0 Å². The van der Waals surface area contributed by atoms with Gasteiger partial charge in [0.2, 0.25) is 0 Å². The van der Waals surface area contributed by atoms with Crippen molar-refractivity contribution in [1.82, 2.24) is 0 Å². The number of rotatable bonds is 14. The van der Waals surface area contributed by atoms with Crippen LogP contribution in [0.4, 0.5) is 0 Å². The minimum Gasteiger partial charge on any atom is -0.469 e. The summed E-state index contributed by atoms with van der Waals surface area (Å²) in [6.07, 6.45) is 8.80. The highest BCUT2D eigenvalue weighted by Gasteiger charge is 2.36. The molecule has 0 aliphatic heterocycles. The lowest BCUT2D eigenvalue weighted by molar-refractivity contribution is -0.142. The van der Waals surface area contributed by atoms with Crippen molar-refractivity contribution in [1.29, 1.82) is 0 Å². The Kier molecular flexibility index (Phi) is 11.4. The molecule has 2 unspecified atom stereocenters. The Balaban J connectivity index is 2.72. The molecule has 6 nitrogen and oxygen atoms in total. The van der Waals surface area contributed by atoms with E-state index >= 15 is 0 Å². The van der Waals surface area contributed by atoms with Crippen molar-refractivity contribution >= 4 is 23.5 Å². The largest absolute Gasteiger partial charge is 0.469 e. The molecule has 0 amide bonds. The number of carbonyl (C=O) groups is 4. The zero-order valence-corrected chi connectivity index (χ0v) is 22.4. The third-order valence-electron chi connectivity index (χ3n) is 7.02. The van der Waals surface area contributed by atoms with Crippen molar-refractivity contribution in [3.8, 4) is 0 Å². The lowest BCUT2D eigenvalue weighted by Gasteiger charge is -2.33. The predicted octanol–water partition coefficient (Wildman–Crippen LogP) is 5.78. The van der Waals surface area contributed by atoms with Crippen LogP contribution in [-0.4, -0.2) is 37.7 Å². The molecule has 0 saturated carbocycles. The monoisotopic (exact) mass is 476 g/mol. The van der Waals surface area contributed by atoms with Gasteiger partial charge >= 0.3 is 11.9 Å². The Morgan fingerprint density at radius 2 is 1.06 bits per heavy atom. The lowest BCUT2D eigenvalue weighted by atomic mass is 9.70. The number of carbonyl (C=O) groups excluding carboxylic acids is 4. The van der Waals surface area contributed by atoms with Gasteiger partial charge in [0.05, 0.1) is 14.2 Å². The molecule has 1 aliphatic carbocycles. The van der Waals surface area contributed by atoms with E-state index in [1.807, 2.05) is 41.5 Å². The summed E-state index contributed by atoms with van der Waals surface area (Å²) in [5, 5.41) is 0. The molecule has 0 heterocycles. The molecule has 0 aromatic rings. The van der Waals surface area contributed by atoms with E-state index in [4.69, 9.17) is 9.47 Å². The van der Waals surface area contributed by atoms with E-state index in [0.717, 1.165) is 38.5 Å². The van der Waals surface area contributed by atoms with Crippen molar-refractivity contribution in [3.63, 3.8) is 0 Å². The normalized spacial score (nSPS) is 16.5. The minimum atomic E-state index is -0.423. The Morgan fingerprint density at radius 3 is 1.35 bits per heavy atom. The summed E-state index contributed by atoms with van der Waals surface area (Å²) >= 11 is 0. The molecule has 6 heteroatoms. The molecule has 0 aromatic carbocycles. The second-order valence-electron chi connectivity index (χ2n) is 11.2. The fourth-order valence-corrected chi connectivity index (χ4v) is 4.61. The predicted molar refractivity (Wildman–Crippen MR) is 133 cm³/mol. The van der Waals surface area contributed by atoms with E-state index in [1.165, 1.54) is 26.4 Å². The molecule has 34 heavy (non-hydrogen) atoms. The van der Waals surface area contributed by atoms with Crippen molar-refractivity contribution < 1.29 is 28.7 Å². The highest BCUT2D eigenvalue weighted by atomic mass is 16.5. The number of ether oxygens (including phenoxy) is 2. The van der Waals surface area contributed by atoms with Gasteiger partial charge in [0, 0.05) is 24.0 Å². The Hall–Kier alpha value is -2.24. The maximum Gasteiger partial charge on any atom is 0.305 e. The molecule has 0 fully saturated rings. The number of ketones is 2. The van der Waals surface area contributed by atoms with Crippen molar-refractivity contribution in [3.05, 3.63) is 23.3 Å². The molecule has 0 radical (unpaired) electrons.